The molecule has 2 N–H and O–H groups in total. The van der Waals surface area contributed by atoms with Crippen LogP contribution < -0.4 is 9.62 Å². The zero-order valence-corrected chi connectivity index (χ0v) is 18.1. The van der Waals surface area contributed by atoms with Gasteiger partial charge < -0.3 is 9.64 Å². The molecule has 0 aliphatic carbocycles. The summed E-state index contributed by atoms with van der Waals surface area (Å²) in [5, 5.41) is 0. The molecule has 0 saturated carbocycles. The van der Waals surface area contributed by atoms with E-state index in [2.05, 4.69) is 25.5 Å². The fourth-order valence-corrected chi connectivity index (χ4v) is 5.75. The van der Waals surface area contributed by atoms with Crippen molar-refractivity contribution in [3.8, 4) is 0 Å². The summed E-state index contributed by atoms with van der Waals surface area (Å²) in [6.07, 6.45) is 1.37. The topological polar surface area (TPSA) is 59.8 Å². The third-order valence-corrected chi connectivity index (χ3v) is 7.55. The largest absolute Gasteiger partial charge is 0.364 e. The molecule has 2 atom stereocenters. The second-order valence-electron chi connectivity index (χ2n) is 7.87. The van der Waals surface area contributed by atoms with Crippen molar-refractivity contribution in [3.05, 3.63) is 27.8 Å². The number of ether oxygens (including phenoxy) is 1. The van der Waals surface area contributed by atoms with Gasteiger partial charge in [0.15, 0.2) is 0 Å². The van der Waals surface area contributed by atoms with Gasteiger partial charge in [0.25, 0.3) is 0 Å². The quantitative estimate of drug-likeness (QED) is 0.734. The molecule has 0 unspecified atom stereocenters. The fourth-order valence-electron chi connectivity index (χ4n) is 4.08. The SMILES string of the molecule is Cc1c(C)c(C)c(S(=O)(=O)NCCC[NH+]2C[C@@H](C)O[C@H](C)C2)c(C)c1C. The normalized spacial score (nSPS) is 24.0. The first-order valence-electron chi connectivity index (χ1n) is 9.60. The minimum absolute atomic E-state index is 0.272. The molecule has 5 nitrogen and oxygen atoms in total. The molecule has 2 rings (SSSR count). The van der Waals surface area contributed by atoms with Crippen molar-refractivity contribution in [3.63, 3.8) is 0 Å². The molecule has 6 heteroatoms. The zero-order chi connectivity index (χ0) is 19.6. The molecule has 1 aromatic carbocycles. The summed E-state index contributed by atoms with van der Waals surface area (Å²) in [6, 6.07) is 0. The van der Waals surface area contributed by atoms with Crippen LogP contribution in [0.25, 0.3) is 0 Å². The van der Waals surface area contributed by atoms with E-state index in [1.807, 2.05) is 27.7 Å². The minimum Gasteiger partial charge on any atom is -0.364 e. The fraction of sp³-hybridized carbons (Fsp3) is 0.700. The van der Waals surface area contributed by atoms with Crippen LogP contribution in [0.3, 0.4) is 0 Å². The van der Waals surface area contributed by atoms with Crippen molar-refractivity contribution >= 4 is 10.0 Å². The third-order valence-electron chi connectivity index (χ3n) is 5.82. The molecule has 1 aromatic rings. The van der Waals surface area contributed by atoms with Gasteiger partial charge in [-0.05, 0) is 76.3 Å². The first-order valence-corrected chi connectivity index (χ1v) is 11.1. The number of benzene rings is 1. The molecular formula is C20H35N2O3S+. The molecule has 0 spiro atoms. The molecule has 1 aliphatic rings. The number of morpholine rings is 1. The van der Waals surface area contributed by atoms with E-state index in [0.29, 0.717) is 11.4 Å². The first kappa shape index (κ1) is 21.4. The van der Waals surface area contributed by atoms with E-state index < -0.39 is 10.0 Å². The van der Waals surface area contributed by atoms with Gasteiger partial charge in [0.2, 0.25) is 10.0 Å². The molecule has 0 bridgehead atoms. The Kier molecular flexibility index (Phi) is 6.88. The van der Waals surface area contributed by atoms with Crippen molar-refractivity contribution in [1.29, 1.82) is 0 Å². The Morgan fingerprint density at radius 1 is 0.923 bits per heavy atom. The van der Waals surface area contributed by atoms with E-state index in [0.717, 1.165) is 48.3 Å². The lowest BCUT2D eigenvalue weighted by atomic mass is 9.95. The smallest absolute Gasteiger partial charge is 0.241 e. The Bertz CT molecular complexity index is 720. The van der Waals surface area contributed by atoms with Gasteiger partial charge in [0, 0.05) is 13.0 Å². The highest BCUT2D eigenvalue weighted by molar-refractivity contribution is 7.89. The molecule has 1 saturated heterocycles. The second kappa shape index (κ2) is 8.38. The highest BCUT2D eigenvalue weighted by Crippen LogP contribution is 2.29. The van der Waals surface area contributed by atoms with Gasteiger partial charge in [-0.1, -0.05) is 0 Å². The van der Waals surface area contributed by atoms with Crippen LogP contribution in [-0.2, 0) is 14.8 Å². The maximum atomic E-state index is 12.9. The van der Waals surface area contributed by atoms with Crippen molar-refractivity contribution in [2.45, 2.75) is 72.0 Å². The molecule has 26 heavy (non-hydrogen) atoms. The van der Waals surface area contributed by atoms with Gasteiger partial charge in [0.05, 0.1) is 11.4 Å². The maximum absolute atomic E-state index is 12.9. The summed E-state index contributed by atoms with van der Waals surface area (Å²) in [5.41, 5.74) is 5.03. The van der Waals surface area contributed by atoms with Crippen LogP contribution >= 0.6 is 0 Å². The molecule has 148 valence electrons. The van der Waals surface area contributed by atoms with Gasteiger partial charge >= 0.3 is 0 Å². The summed E-state index contributed by atoms with van der Waals surface area (Å²) in [4.78, 5) is 1.95. The monoisotopic (exact) mass is 383 g/mol. The Morgan fingerprint density at radius 3 is 1.88 bits per heavy atom. The average Bonchev–Trinajstić information content (AvgIpc) is 2.54. The molecule has 1 fully saturated rings. The lowest BCUT2D eigenvalue weighted by molar-refractivity contribution is -0.915. The first-order chi connectivity index (χ1) is 12.0. The summed E-state index contributed by atoms with van der Waals surface area (Å²) in [7, 11) is -3.49. The van der Waals surface area contributed by atoms with E-state index in [9.17, 15) is 8.42 Å². The van der Waals surface area contributed by atoms with Gasteiger partial charge in [-0.3, -0.25) is 0 Å². The van der Waals surface area contributed by atoms with E-state index in [1.165, 1.54) is 10.5 Å². The van der Waals surface area contributed by atoms with Crippen LogP contribution in [0.2, 0.25) is 0 Å². The number of quaternary nitrogens is 1. The van der Waals surface area contributed by atoms with Crippen LogP contribution in [-0.4, -0.2) is 46.8 Å². The lowest BCUT2D eigenvalue weighted by Gasteiger charge is -2.32. The third kappa shape index (κ3) is 4.66. The Labute approximate surface area is 159 Å². The highest BCUT2D eigenvalue weighted by atomic mass is 32.2. The standard InChI is InChI=1S/C20H34N2O3S/c1-13-11-22(12-14(2)25-13)10-8-9-21-26(23,24)20-18(6)16(4)15(3)17(5)19(20)7/h13-14,21H,8-12H2,1-7H3/p+1/t13-,14-/m1/s1. The Hall–Kier alpha value is -0.950. The van der Waals surface area contributed by atoms with Crippen molar-refractivity contribution < 1.29 is 18.1 Å². The van der Waals surface area contributed by atoms with Gasteiger partial charge in [-0.15, -0.1) is 0 Å². The number of hydrogen-bond acceptors (Lipinski definition) is 3. The van der Waals surface area contributed by atoms with Gasteiger partial charge in [-0.25, -0.2) is 13.1 Å². The summed E-state index contributed by atoms with van der Waals surface area (Å²) in [5.74, 6) is 0. The average molecular weight is 384 g/mol. The number of hydrogen-bond donors (Lipinski definition) is 2. The number of rotatable bonds is 6. The Morgan fingerprint density at radius 2 is 1.38 bits per heavy atom. The van der Waals surface area contributed by atoms with E-state index >= 15 is 0 Å². The Balaban J connectivity index is 2.02. The van der Waals surface area contributed by atoms with Crippen LogP contribution in [0.1, 0.15) is 48.1 Å². The summed E-state index contributed by atoms with van der Waals surface area (Å²) in [6.45, 7) is 17.5. The van der Waals surface area contributed by atoms with E-state index in [-0.39, 0.29) is 12.2 Å². The molecule has 1 aliphatic heterocycles. The molecule has 0 amide bonds. The highest BCUT2D eigenvalue weighted by Gasteiger charge is 2.26. The number of sulfonamides is 1. The molecule has 0 aromatic heterocycles. The minimum atomic E-state index is -3.49. The van der Waals surface area contributed by atoms with Crippen molar-refractivity contribution in [2.24, 2.45) is 0 Å². The predicted molar refractivity (Wildman–Crippen MR) is 106 cm³/mol. The molecule has 1 heterocycles. The second-order valence-corrected chi connectivity index (χ2v) is 9.57. The van der Waals surface area contributed by atoms with Gasteiger partial charge in [-0.2, -0.15) is 0 Å². The van der Waals surface area contributed by atoms with Crippen LogP contribution in [0, 0.1) is 34.6 Å². The van der Waals surface area contributed by atoms with Crippen LogP contribution in [0.15, 0.2) is 4.90 Å². The predicted octanol–water partition coefficient (Wildman–Crippen LogP) is 1.59. The molecule has 0 radical (unpaired) electrons. The zero-order valence-electron chi connectivity index (χ0n) is 17.3. The van der Waals surface area contributed by atoms with Gasteiger partial charge in [0.1, 0.15) is 25.3 Å². The van der Waals surface area contributed by atoms with Crippen molar-refractivity contribution in [2.75, 3.05) is 26.2 Å². The van der Waals surface area contributed by atoms with Crippen LogP contribution in [0.4, 0.5) is 0 Å². The van der Waals surface area contributed by atoms with Crippen LogP contribution in [0.5, 0.6) is 0 Å². The number of nitrogens with one attached hydrogen (secondary N) is 2. The summed E-state index contributed by atoms with van der Waals surface area (Å²) >= 11 is 0. The van der Waals surface area contributed by atoms with Crippen molar-refractivity contribution in [1.82, 2.24) is 4.72 Å². The molecular weight excluding hydrogens is 348 g/mol. The van der Waals surface area contributed by atoms with E-state index in [1.54, 1.807) is 0 Å². The lowest BCUT2D eigenvalue weighted by Crippen LogP contribution is -3.15. The summed E-state index contributed by atoms with van der Waals surface area (Å²) < 4.78 is 34.4. The van der Waals surface area contributed by atoms with E-state index in [4.69, 9.17) is 4.74 Å². The maximum Gasteiger partial charge on any atom is 0.241 e.